The average Bonchev–Trinajstić information content (AvgIpc) is 2.59. The highest BCUT2D eigenvalue weighted by Gasteiger charge is 2.30. The van der Waals surface area contributed by atoms with Gasteiger partial charge in [-0.2, -0.15) is 13.2 Å². The smallest absolute Gasteiger partial charge is 0.396 e. The number of aliphatic hydroxyl groups excluding tert-OH is 1. The number of aliphatic hydroxyl groups is 1. The molecule has 2 N–H and O–H groups in total. The van der Waals surface area contributed by atoms with Crippen molar-refractivity contribution in [1.29, 1.82) is 0 Å². The fraction of sp³-hybridized carbons (Fsp3) is 0.368. The number of nitrogens with zero attached hydrogens (tertiary/aromatic N) is 1. The lowest BCUT2D eigenvalue weighted by Gasteiger charge is -2.22. The maximum Gasteiger partial charge on any atom is 0.416 e. The first-order chi connectivity index (χ1) is 12.5. The van der Waals surface area contributed by atoms with E-state index in [1.807, 2.05) is 0 Å². The molecule has 1 amide bonds. The fourth-order valence-electron chi connectivity index (χ4n) is 2.42. The second-order valence-corrected chi connectivity index (χ2v) is 7.08. The molecule has 0 saturated heterocycles. The van der Waals surface area contributed by atoms with Crippen molar-refractivity contribution < 1.29 is 23.1 Å². The summed E-state index contributed by atoms with van der Waals surface area (Å²) in [4.78, 5) is 25.1. The van der Waals surface area contributed by atoms with Crippen LogP contribution in [0.3, 0.4) is 0 Å². The van der Waals surface area contributed by atoms with Crippen LogP contribution in [-0.2, 0) is 6.18 Å². The molecule has 2 rings (SSSR count). The summed E-state index contributed by atoms with van der Waals surface area (Å²) in [7, 11) is 0. The van der Waals surface area contributed by atoms with Crippen LogP contribution < -0.4 is 10.9 Å². The lowest BCUT2D eigenvalue weighted by Crippen LogP contribution is -2.39. The molecule has 0 radical (unpaired) electrons. The molecule has 5 nitrogen and oxygen atoms in total. The van der Waals surface area contributed by atoms with Crippen LogP contribution in [0, 0.1) is 12.3 Å². The molecular weight excluding hydrogens is 361 g/mol. The highest BCUT2D eigenvalue weighted by atomic mass is 19.4. The molecular formula is C19H21F3N2O3. The van der Waals surface area contributed by atoms with Gasteiger partial charge in [0.05, 0.1) is 5.56 Å². The number of alkyl halides is 3. The average molecular weight is 382 g/mol. The van der Waals surface area contributed by atoms with Gasteiger partial charge in [0.1, 0.15) is 5.56 Å². The van der Waals surface area contributed by atoms with Gasteiger partial charge < -0.3 is 10.4 Å². The molecule has 0 aliphatic carbocycles. The molecule has 1 aromatic heterocycles. The third-order valence-corrected chi connectivity index (χ3v) is 4.11. The molecule has 146 valence electrons. The minimum atomic E-state index is -4.54. The molecule has 27 heavy (non-hydrogen) atoms. The number of carbonyl (C=O) groups is 1. The number of aromatic nitrogens is 1. The predicted molar refractivity (Wildman–Crippen MR) is 95.0 cm³/mol. The monoisotopic (exact) mass is 382 g/mol. The highest BCUT2D eigenvalue weighted by Crippen LogP contribution is 2.30. The summed E-state index contributed by atoms with van der Waals surface area (Å²) in [6, 6.07) is 7.19. The number of nitrogens with one attached hydrogen (secondary N) is 1. The Balaban J connectivity index is 2.45. The first kappa shape index (κ1) is 20.7. The molecule has 0 saturated carbocycles. The SMILES string of the molecule is Cc1ccc(C(=O)NCC(C)(C)CO)c(=O)n1-c1cccc(C(F)(F)F)c1. The quantitative estimate of drug-likeness (QED) is 0.835. The first-order valence-electron chi connectivity index (χ1n) is 8.25. The van der Waals surface area contributed by atoms with Gasteiger partial charge in [-0.05, 0) is 37.3 Å². The number of hydrogen-bond donors (Lipinski definition) is 2. The Morgan fingerprint density at radius 1 is 1.19 bits per heavy atom. The summed E-state index contributed by atoms with van der Waals surface area (Å²) in [5, 5.41) is 11.8. The van der Waals surface area contributed by atoms with Gasteiger partial charge in [0.25, 0.3) is 11.5 Å². The van der Waals surface area contributed by atoms with Crippen molar-refractivity contribution in [2.24, 2.45) is 5.41 Å². The maximum absolute atomic E-state index is 13.0. The molecule has 0 atom stereocenters. The Kier molecular flexibility index (Phi) is 5.79. The van der Waals surface area contributed by atoms with Gasteiger partial charge in [-0.1, -0.05) is 19.9 Å². The topological polar surface area (TPSA) is 71.3 Å². The van der Waals surface area contributed by atoms with Gasteiger partial charge in [0.2, 0.25) is 0 Å². The maximum atomic E-state index is 13.0. The van der Waals surface area contributed by atoms with Gasteiger partial charge in [0, 0.05) is 29.9 Å². The molecule has 0 unspecified atom stereocenters. The second-order valence-electron chi connectivity index (χ2n) is 7.08. The minimum Gasteiger partial charge on any atom is -0.396 e. The van der Waals surface area contributed by atoms with Crippen LogP contribution in [0.1, 0.15) is 35.5 Å². The van der Waals surface area contributed by atoms with E-state index in [-0.39, 0.29) is 24.4 Å². The number of benzene rings is 1. The van der Waals surface area contributed by atoms with Crippen LogP contribution in [0.25, 0.3) is 5.69 Å². The van der Waals surface area contributed by atoms with Crippen molar-refractivity contribution in [3.05, 3.63) is 63.6 Å². The second kappa shape index (κ2) is 7.56. The lowest BCUT2D eigenvalue weighted by atomic mass is 9.95. The number of pyridine rings is 1. The Morgan fingerprint density at radius 2 is 1.85 bits per heavy atom. The highest BCUT2D eigenvalue weighted by molar-refractivity contribution is 5.93. The Hall–Kier alpha value is -2.61. The molecule has 0 aliphatic heterocycles. The van der Waals surface area contributed by atoms with E-state index in [1.165, 1.54) is 24.3 Å². The van der Waals surface area contributed by atoms with Crippen molar-refractivity contribution >= 4 is 5.91 Å². The zero-order valence-electron chi connectivity index (χ0n) is 15.2. The van der Waals surface area contributed by atoms with Crippen LogP contribution in [0.2, 0.25) is 0 Å². The van der Waals surface area contributed by atoms with E-state index in [1.54, 1.807) is 20.8 Å². The van der Waals surface area contributed by atoms with E-state index >= 15 is 0 Å². The van der Waals surface area contributed by atoms with E-state index in [4.69, 9.17) is 0 Å². The van der Waals surface area contributed by atoms with Crippen molar-refractivity contribution in [2.75, 3.05) is 13.2 Å². The van der Waals surface area contributed by atoms with Crippen LogP contribution in [0.4, 0.5) is 13.2 Å². The Labute approximate surface area is 154 Å². The first-order valence-corrected chi connectivity index (χ1v) is 8.25. The molecule has 1 aromatic carbocycles. The molecule has 0 aliphatic rings. The largest absolute Gasteiger partial charge is 0.416 e. The predicted octanol–water partition coefficient (Wildman–Crippen LogP) is 2.91. The normalized spacial score (nSPS) is 12.1. The molecule has 0 spiro atoms. The molecule has 8 heteroatoms. The van der Waals surface area contributed by atoms with Crippen molar-refractivity contribution in [1.82, 2.24) is 9.88 Å². The number of aryl methyl sites for hydroxylation is 1. The summed E-state index contributed by atoms with van der Waals surface area (Å²) in [5.41, 5.74) is -1.93. The number of hydrogen-bond acceptors (Lipinski definition) is 3. The number of amides is 1. The van der Waals surface area contributed by atoms with Crippen molar-refractivity contribution in [3.63, 3.8) is 0 Å². The summed E-state index contributed by atoms with van der Waals surface area (Å²) in [5.74, 6) is -0.651. The summed E-state index contributed by atoms with van der Waals surface area (Å²) in [6.07, 6.45) is -4.54. The minimum absolute atomic E-state index is 0.0256. The van der Waals surface area contributed by atoms with E-state index in [9.17, 15) is 27.9 Å². The van der Waals surface area contributed by atoms with Gasteiger partial charge >= 0.3 is 6.18 Å². The molecule has 1 heterocycles. The zero-order chi connectivity index (χ0) is 20.4. The summed E-state index contributed by atoms with van der Waals surface area (Å²) in [6.45, 7) is 5.03. The standard InChI is InChI=1S/C19H21F3N2O3/c1-12-7-8-15(16(26)23-10-18(2,3)11-25)17(27)24(12)14-6-4-5-13(9-14)19(20,21)22/h4-9,25H,10-11H2,1-3H3,(H,23,26). The third kappa shape index (κ3) is 4.77. The van der Waals surface area contributed by atoms with E-state index < -0.39 is 28.6 Å². The van der Waals surface area contributed by atoms with Crippen LogP contribution >= 0.6 is 0 Å². The van der Waals surface area contributed by atoms with Crippen molar-refractivity contribution in [3.8, 4) is 5.69 Å². The van der Waals surface area contributed by atoms with E-state index in [0.29, 0.717) is 5.69 Å². The number of halogens is 3. The van der Waals surface area contributed by atoms with Gasteiger partial charge in [-0.15, -0.1) is 0 Å². The summed E-state index contributed by atoms with van der Waals surface area (Å²) >= 11 is 0. The Morgan fingerprint density at radius 3 is 2.44 bits per heavy atom. The molecule has 0 fully saturated rings. The number of rotatable bonds is 5. The van der Waals surface area contributed by atoms with Gasteiger partial charge in [-0.3, -0.25) is 14.2 Å². The Bertz CT molecular complexity index is 902. The summed E-state index contributed by atoms with van der Waals surface area (Å²) < 4.78 is 40.0. The van der Waals surface area contributed by atoms with Gasteiger partial charge in [-0.25, -0.2) is 0 Å². The zero-order valence-corrected chi connectivity index (χ0v) is 15.2. The van der Waals surface area contributed by atoms with Crippen LogP contribution in [-0.4, -0.2) is 28.7 Å². The number of carbonyl (C=O) groups excluding carboxylic acids is 1. The van der Waals surface area contributed by atoms with Gasteiger partial charge in [0.15, 0.2) is 0 Å². The molecule has 0 bridgehead atoms. The third-order valence-electron chi connectivity index (χ3n) is 4.11. The lowest BCUT2D eigenvalue weighted by molar-refractivity contribution is -0.137. The van der Waals surface area contributed by atoms with E-state index in [0.717, 1.165) is 16.7 Å². The van der Waals surface area contributed by atoms with Crippen LogP contribution in [0.5, 0.6) is 0 Å². The van der Waals surface area contributed by atoms with E-state index in [2.05, 4.69) is 5.32 Å². The fourth-order valence-corrected chi connectivity index (χ4v) is 2.42. The molecule has 2 aromatic rings. The van der Waals surface area contributed by atoms with Crippen molar-refractivity contribution in [2.45, 2.75) is 26.9 Å². The van der Waals surface area contributed by atoms with Crippen LogP contribution in [0.15, 0.2) is 41.2 Å².